The Kier molecular flexibility index (Phi) is 15.1. The number of halogens is 2. The van der Waals surface area contributed by atoms with Gasteiger partial charge in [0, 0.05) is 70.5 Å². The summed E-state index contributed by atoms with van der Waals surface area (Å²) >= 11 is 12.6. The van der Waals surface area contributed by atoms with E-state index in [1.165, 1.54) is 22.6 Å². The second-order valence-electron chi connectivity index (χ2n) is 20.9. The number of carboxylic acid groups (broad SMARTS) is 1. The van der Waals surface area contributed by atoms with Crippen LogP contribution in [0.4, 0.5) is 11.4 Å². The van der Waals surface area contributed by atoms with Gasteiger partial charge in [-0.2, -0.15) is 0 Å². The number of carboxylic acids is 1. The van der Waals surface area contributed by atoms with Crippen molar-refractivity contribution in [2.75, 3.05) is 43.9 Å². The van der Waals surface area contributed by atoms with Crippen LogP contribution in [0, 0.1) is 23.7 Å². The number of hydrogen-bond acceptors (Lipinski definition) is 16. The fraction of sp³-hybridized carbons (Fsp3) is 0.566. The molecule has 3 saturated heterocycles. The van der Waals surface area contributed by atoms with Crippen LogP contribution in [-0.2, 0) is 56.1 Å². The number of aliphatic carboxylic acids is 1. The highest BCUT2D eigenvalue weighted by atomic mass is 35.5. The molecule has 0 radical (unpaired) electrons. The molecule has 0 bridgehead atoms. The first-order chi connectivity index (χ1) is 34.2. The highest BCUT2D eigenvalue weighted by Gasteiger charge is 2.62. The zero-order chi connectivity index (χ0) is 51.4. The summed E-state index contributed by atoms with van der Waals surface area (Å²) in [6.45, 7) is 10.9. The molecular weight excluding hydrogens is 970 g/mol. The largest absolute Gasteiger partial charge is 0.480 e. The lowest BCUT2D eigenvalue weighted by Crippen LogP contribution is -2.66. The van der Waals surface area contributed by atoms with E-state index in [1.54, 1.807) is 50.5 Å². The topological polar surface area (TPSA) is 212 Å². The molecule has 6 N–H and O–H groups in total. The van der Waals surface area contributed by atoms with Gasteiger partial charge in [0.05, 0.1) is 34.1 Å². The van der Waals surface area contributed by atoms with E-state index in [0.29, 0.717) is 39.2 Å². The van der Waals surface area contributed by atoms with Crippen LogP contribution in [0.2, 0.25) is 10.0 Å². The minimum absolute atomic E-state index is 0.0359. The number of carbonyl (C=O) groups is 3. The van der Waals surface area contributed by atoms with E-state index in [4.69, 9.17) is 52.2 Å². The molecule has 13 atom stereocenters. The van der Waals surface area contributed by atoms with E-state index in [-0.39, 0.29) is 42.6 Å². The van der Waals surface area contributed by atoms with Crippen molar-refractivity contribution in [2.24, 2.45) is 23.7 Å². The van der Waals surface area contributed by atoms with Gasteiger partial charge >= 0.3 is 17.9 Å². The van der Waals surface area contributed by atoms with Crippen molar-refractivity contribution in [3.8, 4) is 0 Å². The van der Waals surface area contributed by atoms with Crippen molar-refractivity contribution in [1.29, 1.82) is 0 Å². The number of ether oxygens (including phenoxy) is 3. The molecule has 390 valence electrons. The molecule has 7 aliphatic rings. The van der Waals surface area contributed by atoms with Gasteiger partial charge in [-0.05, 0) is 73.6 Å². The molecule has 4 fully saturated rings. The second-order valence-corrected chi connectivity index (χ2v) is 21.7. The van der Waals surface area contributed by atoms with E-state index < -0.39 is 71.5 Å². The number of piperidine rings is 1. The molecule has 72 heavy (non-hydrogen) atoms. The Hall–Kier alpha value is -4.37. The molecule has 0 amide bonds. The molecule has 5 aliphatic heterocycles. The zero-order valence-corrected chi connectivity index (χ0v) is 43.0. The number of nitrogens with zero attached hydrogens (tertiary/aromatic N) is 3. The van der Waals surface area contributed by atoms with Crippen LogP contribution in [0.25, 0.3) is 0 Å². The molecule has 3 aromatic carbocycles. The van der Waals surface area contributed by atoms with Crippen LogP contribution in [0.1, 0.15) is 82.9 Å². The molecular formula is C53H67Cl2N5O12. The van der Waals surface area contributed by atoms with Gasteiger partial charge in [-0.3, -0.25) is 44.8 Å². The molecule has 19 heteroatoms. The van der Waals surface area contributed by atoms with E-state index in [2.05, 4.69) is 40.7 Å². The number of benzene rings is 3. The van der Waals surface area contributed by atoms with Gasteiger partial charge in [-0.1, -0.05) is 97.7 Å². The van der Waals surface area contributed by atoms with Crippen molar-refractivity contribution in [2.45, 2.75) is 132 Å². The molecule has 17 nitrogen and oxygen atoms in total. The predicted molar refractivity (Wildman–Crippen MR) is 267 cm³/mol. The average Bonchev–Trinajstić information content (AvgIpc) is 3.89. The first-order valence-corrected chi connectivity index (χ1v) is 25.7. The molecule has 0 spiro atoms. The third kappa shape index (κ3) is 9.76. The minimum atomic E-state index is -1.56. The second kappa shape index (κ2) is 20.7. The highest BCUT2D eigenvalue weighted by Crippen LogP contribution is 2.54. The molecule has 1 unspecified atom stereocenters. The van der Waals surface area contributed by atoms with Gasteiger partial charge in [0.25, 0.3) is 0 Å². The number of nitrogens with one attached hydrogen (secondary N) is 2. The van der Waals surface area contributed by atoms with Gasteiger partial charge in [0.15, 0.2) is 24.7 Å². The van der Waals surface area contributed by atoms with Crippen LogP contribution >= 0.6 is 23.2 Å². The fourth-order valence-corrected chi connectivity index (χ4v) is 13.1. The summed E-state index contributed by atoms with van der Waals surface area (Å²) < 4.78 is 18.4. The maximum absolute atomic E-state index is 14.2. The number of carbonyl (C=O) groups excluding carboxylic acids is 2. The SMILES string of the molecule is CC(=O)O[C@@H]1C(C)=C[C@@H]2[C@H](C(C)CN3CCC(OCc4ccccc4)CC3)CC[C@@H](C)[C@]2(O)[C@H]1OC(=O)[C@@H]1C[C@@]2(O)c3cccc(Cl)c3N(C)O[C@H]2N1.CN1O[C@H]2N[C@H](C(=O)O)C[C@@]2(O)c2cccc(Cl)c21. The van der Waals surface area contributed by atoms with Crippen molar-refractivity contribution < 1.29 is 58.7 Å². The molecule has 5 heterocycles. The number of rotatable bonds is 10. The van der Waals surface area contributed by atoms with Crippen molar-refractivity contribution in [3.63, 3.8) is 0 Å². The Morgan fingerprint density at radius 2 is 1.38 bits per heavy atom. The number of fused-ring (bicyclic) bond motifs is 7. The molecule has 1 saturated carbocycles. The first kappa shape index (κ1) is 52.5. The third-order valence-corrected chi connectivity index (χ3v) is 16.9. The van der Waals surface area contributed by atoms with Gasteiger partial charge < -0.3 is 39.5 Å². The van der Waals surface area contributed by atoms with Crippen LogP contribution in [0.3, 0.4) is 0 Å². The summed E-state index contributed by atoms with van der Waals surface area (Å²) in [6, 6.07) is 18.9. The Balaban J connectivity index is 0.000000280. The van der Waals surface area contributed by atoms with Crippen LogP contribution in [-0.4, -0.2) is 125 Å². The van der Waals surface area contributed by atoms with Crippen molar-refractivity contribution in [1.82, 2.24) is 15.5 Å². The summed E-state index contributed by atoms with van der Waals surface area (Å²) in [7, 11) is 3.36. The van der Waals surface area contributed by atoms with Crippen molar-refractivity contribution >= 4 is 52.5 Å². The third-order valence-electron chi connectivity index (χ3n) is 16.3. The maximum Gasteiger partial charge on any atom is 0.323 e. The summed E-state index contributed by atoms with van der Waals surface area (Å²) in [5.41, 5.74) is -0.302. The lowest BCUT2D eigenvalue weighted by Gasteiger charge is -2.56. The standard InChI is InChI=1S/C41H54ClN3O8.C12H13ClN2O4/c1-24-20-32-30(25(2)22-45-18-16-29(17-19-45)50-23-28-10-7-6-8-11-28)15-14-26(3)41(32,49)37(36(24)51-27(4)46)52-38(47)34-21-40(48)31-12-9-13-33(42)35(31)44(5)53-39(40)43-34;1-15-9-6(3-2-4-7(9)13)12(18)5-8(10(16)17)14-11(12)19-15/h6-13,20,25-26,29-30,32,34,36-37,39,43,48-49H,14-19,21-23H2,1-5H3;2-4,8,11,14,18H,5H2,1H3,(H,16,17)/t25?,26-,30+,32-,34+,36-,37+,39-,40-,41-;8-,11+,12+/m10/s1. The number of hydroxylamine groups is 2. The Morgan fingerprint density at radius 1 is 0.806 bits per heavy atom. The molecule has 0 aromatic heterocycles. The van der Waals surface area contributed by atoms with Crippen LogP contribution in [0.15, 0.2) is 78.4 Å². The number of aliphatic hydroxyl groups is 3. The Bertz CT molecular complexity index is 2530. The summed E-state index contributed by atoms with van der Waals surface area (Å²) in [5, 5.41) is 54.4. The number of hydrogen-bond donors (Lipinski definition) is 6. The number of esters is 2. The number of para-hydroxylation sites is 2. The zero-order valence-electron chi connectivity index (χ0n) is 41.5. The number of likely N-dealkylation sites (tertiary alicyclic amines) is 1. The predicted octanol–water partition coefficient (Wildman–Crippen LogP) is 5.79. The normalized spacial score (nSPS) is 34.5. The summed E-state index contributed by atoms with van der Waals surface area (Å²) in [6.07, 6.45) is 2.03. The van der Waals surface area contributed by atoms with Gasteiger partial charge in [-0.25, -0.2) is 0 Å². The monoisotopic (exact) mass is 1040 g/mol. The quantitative estimate of drug-likeness (QED) is 0.105. The lowest BCUT2D eigenvalue weighted by molar-refractivity contribution is -0.225. The Morgan fingerprint density at radius 3 is 1.94 bits per heavy atom. The molecule has 3 aromatic rings. The highest BCUT2D eigenvalue weighted by molar-refractivity contribution is 6.33. The lowest BCUT2D eigenvalue weighted by atomic mass is 9.55. The van der Waals surface area contributed by atoms with Gasteiger partial charge in [0.1, 0.15) is 28.9 Å². The maximum atomic E-state index is 14.2. The summed E-state index contributed by atoms with van der Waals surface area (Å²) in [5.74, 6) is -2.43. The summed E-state index contributed by atoms with van der Waals surface area (Å²) in [4.78, 5) is 51.7. The number of anilines is 2. The molecule has 10 rings (SSSR count). The minimum Gasteiger partial charge on any atom is -0.480 e. The first-order valence-electron chi connectivity index (χ1n) is 25.0. The smallest absolute Gasteiger partial charge is 0.323 e. The van der Waals surface area contributed by atoms with Gasteiger partial charge in [-0.15, -0.1) is 0 Å². The van der Waals surface area contributed by atoms with Gasteiger partial charge in [0.2, 0.25) is 0 Å². The van der Waals surface area contributed by atoms with E-state index in [9.17, 15) is 29.7 Å². The fourth-order valence-electron chi connectivity index (χ4n) is 12.5. The van der Waals surface area contributed by atoms with E-state index in [0.717, 1.165) is 50.9 Å². The van der Waals surface area contributed by atoms with Crippen molar-refractivity contribution in [3.05, 3.63) is 105 Å². The molecule has 2 aliphatic carbocycles. The van der Waals surface area contributed by atoms with Crippen LogP contribution in [0.5, 0.6) is 0 Å². The Labute approximate surface area is 430 Å². The average molecular weight is 1040 g/mol. The van der Waals surface area contributed by atoms with E-state index in [1.807, 2.05) is 32.0 Å². The van der Waals surface area contributed by atoms with Crippen LogP contribution < -0.4 is 20.8 Å². The van der Waals surface area contributed by atoms with E-state index >= 15 is 0 Å².